The molecule has 0 saturated heterocycles. The zero-order valence-electron chi connectivity index (χ0n) is 10.7. The lowest BCUT2D eigenvalue weighted by atomic mass is 10.3. The number of likely N-dealkylation sites (N-methyl/N-ethyl adjacent to an activating group) is 1. The van der Waals surface area contributed by atoms with E-state index in [1.54, 1.807) is 6.92 Å². The molecule has 1 unspecified atom stereocenters. The molecule has 4 N–H and O–H groups in total. The summed E-state index contributed by atoms with van der Waals surface area (Å²) in [5.41, 5.74) is 4.83. The van der Waals surface area contributed by atoms with E-state index < -0.39 is 18.0 Å². The average molecular weight is 246 g/mol. The first-order valence-electron chi connectivity index (χ1n) is 5.49. The van der Waals surface area contributed by atoms with E-state index in [9.17, 15) is 9.59 Å². The molecule has 0 aliphatic carbocycles. The molecule has 0 aromatic carbocycles. The van der Waals surface area contributed by atoms with Crippen molar-refractivity contribution < 1.29 is 14.3 Å². The fourth-order valence-electron chi connectivity index (χ4n) is 1.02. The molecule has 0 saturated carbocycles. The fourth-order valence-corrected chi connectivity index (χ4v) is 1.02. The Kier molecular flexibility index (Phi) is 8.29. The lowest BCUT2D eigenvalue weighted by molar-refractivity contribution is -0.121. The van der Waals surface area contributed by atoms with Gasteiger partial charge in [-0.15, -0.1) is 0 Å². The molecule has 0 fully saturated rings. The van der Waals surface area contributed by atoms with Crippen LogP contribution in [0.15, 0.2) is 0 Å². The van der Waals surface area contributed by atoms with Gasteiger partial charge in [-0.3, -0.25) is 10.1 Å². The van der Waals surface area contributed by atoms with Gasteiger partial charge in [-0.2, -0.15) is 0 Å². The largest absolute Gasteiger partial charge is 0.379 e. The van der Waals surface area contributed by atoms with Gasteiger partial charge in [0.1, 0.15) is 0 Å². The third kappa shape index (κ3) is 9.73. The molecule has 7 heteroatoms. The molecule has 0 aromatic rings. The van der Waals surface area contributed by atoms with Crippen LogP contribution in [0, 0.1) is 0 Å². The zero-order chi connectivity index (χ0) is 13.3. The van der Waals surface area contributed by atoms with Crippen LogP contribution < -0.4 is 16.4 Å². The predicted molar refractivity (Wildman–Crippen MR) is 64.6 cm³/mol. The molecule has 0 aliphatic heterocycles. The average Bonchev–Trinajstić information content (AvgIpc) is 2.21. The monoisotopic (exact) mass is 246 g/mol. The topological polar surface area (TPSA) is 96.7 Å². The molecule has 7 nitrogen and oxygen atoms in total. The first-order chi connectivity index (χ1) is 7.93. The van der Waals surface area contributed by atoms with Crippen LogP contribution in [-0.2, 0) is 9.53 Å². The van der Waals surface area contributed by atoms with E-state index >= 15 is 0 Å². The number of nitrogens with two attached hydrogens (primary N) is 1. The second-order valence-electron chi connectivity index (χ2n) is 3.94. The quantitative estimate of drug-likeness (QED) is 0.464. The van der Waals surface area contributed by atoms with Crippen molar-refractivity contribution in [1.82, 2.24) is 15.5 Å². The molecule has 0 spiro atoms. The van der Waals surface area contributed by atoms with Crippen LogP contribution >= 0.6 is 0 Å². The van der Waals surface area contributed by atoms with Crippen molar-refractivity contribution in [3.63, 3.8) is 0 Å². The molecular weight excluding hydrogens is 224 g/mol. The minimum Gasteiger partial charge on any atom is -0.379 e. The third-order valence-corrected chi connectivity index (χ3v) is 2.02. The zero-order valence-corrected chi connectivity index (χ0v) is 10.7. The van der Waals surface area contributed by atoms with Gasteiger partial charge in [0.15, 0.2) is 0 Å². The van der Waals surface area contributed by atoms with Gasteiger partial charge in [-0.25, -0.2) is 4.79 Å². The number of hydrogen-bond donors (Lipinski definition) is 3. The number of rotatable bonds is 8. The molecule has 0 heterocycles. The minimum absolute atomic E-state index is 0.439. The Hall–Kier alpha value is -1.18. The number of ether oxygens (including phenoxy) is 1. The van der Waals surface area contributed by atoms with Gasteiger partial charge < -0.3 is 20.7 Å². The molecule has 0 bridgehead atoms. The summed E-state index contributed by atoms with van der Waals surface area (Å²) in [6, 6.07) is -1.31. The van der Waals surface area contributed by atoms with Crippen molar-refractivity contribution in [3.8, 4) is 0 Å². The van der Waals surface area contributed by atoms with Crippen LogP contribution in [0.3, 0.4) is 0 Å². The summed E-state index contributed by atoms with van der Waals surface area (Å²) in [7, 11) is 3.94. The van der Waals surface area contributed by atoms with E-state index in [0.717, 1.165) is 6.54 Å². The van der Waals surface area contributed by atoms with E-state index in [1.165, 1.54) is 0 Å². The van der Waals surface area contributed by atoms with Crippen molar-refractivity contribution in [2.75, 3.05) is 40.4 Å². The van der Waals surface area contributed by atoms with Gasteiger partial charge in [0.25, 0.3) is 0 Å². The summed E-state index contributed by atoms with van der Waals surface area (Å²) in [6.07, 6.45) is 0. The third-order valence-electron chi connectivity index (χ3n) is 2.02. The first-order valence-corrected chi connectivity index (χ1v) is 5.49. The Balaban J connectivity index is 3.47. The molecule has 17 heavy (non-hydrogen) atoms. The van der Waals surface area contributed by atoms with Gasteiger partial charge in [0.2, 0.25) is 5.91 Å². The number of urea groups is 1. The van der Waals surface area contributed by atoms with Gasteiger partial charge in [0, 0.05) is 13.1 Å². The SMILES string of the molecule is CC(NCCOCCN(C)C)C(=O)NC(N)=O. The summed E-state index contributed by atoms with van der Waals surface area (Å²) in [5, 5.41) is 4.92. The Morgan fingerprint density at radius 3 is 2.53 bits per heavy atom. The number of imide groups is 1. The van der Waals surface area contributed by atoms with Crippen LogP contribution in [0.1, 0.15) is 6.92 Å². The number of hydrogen-bond acceptors (Lipinski definition) is 5. The van der Waals surface area contributed by atoms with Crippen LogP contribution in [-0.4, -0.2) is 63.3 Å². The highest BCUT2D eigenvalue weighted by Gasteiger charge is 2.12. The number of nitrogens with one attached hydrogen (secondary N) is 2. The van der Waals surface area contributed by atoms with E-state index in [1.807, 2.05) is 24.3 Å². The highest BCUT2D eigenvalue weighted by Crippen LogP contribution is 1.82. The summed E-state index contributed by atoms with van der Waals surface area (Å²) >= 11 is 0. The van der Waals surface area contributed by atoms with E-state index in [4.69, 9.17) is 10.5 Å². The highest BCUT2D eigenvalue weighted by atomic mass is 16.5. The standard InChI is InChI=1S/C10H22N4O3/c1-8(9(15)13-10(11)16)12-4-6-17-7-5-14(2)3/h8,12H,4-7H2,1-3H3,(H3,11,13,15,16). The normalized spacial score (nSPS) is 12.5. The lowest BCUT2D eigenvalue weighted by Gasteiger charge is -2.13. The smallest absolute Gasteiger partial charge is 0.318 e. The van der Waals surface area contributed by atoms with Gasteiger partial charge >= 0.3 is 6.03 Å². The van der Waals surface area contributed by atoms with Gasteiger partial charge in [0.05, 0.1) is 19.3 Å². The maximum atomic E-state index is 11.2. The lowest BCUT2D eigenvalue weighted by Crippen LogP contribution is -2.47. The van der Waals surface area contributed by atoms with Crippen molar-refractivity contribution in [3.05, 3.63) is 0 Å². The van der Waals surface area contributed by atoms with E-state index in [2.05, 4.69) is 5.32 Å². The number of amides is 3. The molecule has 0 aromatic heterocycles. The summed E-state index contributed by atoms with van der Waals surface area (Å²) in [4.78, 5) is 23.7. The van der Waals surface area contributed by atoms with Gasteiger partial charge in [-0.1, -0.05) is 0 Å². The Morgan fingerprint density at radius 2 is 2.00 bits per heavy atom. The molecule has 0 radical (unpaired) electrons. The fraction of sp³-hybridized carbons (Fsp3) is 0.800. The van der Waals surface area contributed by atoms with E-state index in [-0.39, 0.29) is 0 Å². The summed E-state index contributed by atoms with van der Waals surface area (Å²) < 4.78 is 5.33. The Morgan fingerprint density at radius 1 is 1.35 bits per heavy atom. The molecule has 100 valence electrons. The van der Waals surface area contributed by atoms with Crippen LogP contribution in [0.4, 0.5) is 4.79 Å². The maximum Gasteiger partial charge on any atom is 0.318 e. The van der Waals surface area contributed by atoms with Crippen LogP contribution in [0.5, 0.6) is 0 Å². The van der Waals surface area contributed by atoms with Crippen molar-refractivity contribution in [2.45, 2.75) is 13.0 Å². The number of primary amides is 1. The van der Waals surface area contributed by atoms with Crippen molar-refractivity contribution in [2.24, 2.45) is 5.73 Å². The molecule has 0 aliphatic rings. The van der Waals surface area contributed by atoms with Crippen LogP contribution in [0.2, 0.25) is 0 Å². The highest BCUT2D eigenvalue weighted by molar-refractivity contribution is 5.96. The number of nitrogens with zero attached hydrogens (tertiary/aromatic N) is 1. The van der Waals surface area contributed by atoms with Crippen LogP contribution in [0.25, 0.3) is 0 Å². The number of carbonyl (C=O) groups excluding carboxylic acids is 2. The Labute approximate surface area is 102 Å². The summed E-state index contributed by atoms with van der Waals surface area (Å²) in [5.74, 6) is -0.439. The molecule has 3 amide bonds. The first kappa shape index (κ1) is 15.8. The Bertz CT molecular complexity index is 246. The molecule has 0 rings (SSSR count). The minimum atomic E-state index is -0.842. The predicted octanol–water partition coefficient (Wildman–Crippen LogP) is -1.26. The molecule has 1 atom stereocenters. The second-order valence-corrected chi connectivity index (χ2v) is 3.94. The van der Waals surface area contributed by atoms with Crippen molar-refractivity contribution >= 4 is 11.9 Å². The summed E-state index contributed by atoms with van der Waals surface area (Å²) in [6.45, 7) is 4.22. The van der Waals surface area contributed by atoms with Gasteiger partial charge in [-0.05, 0) is 21.0 Å². The molecular formula is C10H22N4O3. The van der Waals surface area contributed by atoms with Crippen molar-refractivity contribution in [1.29, 1.82) is 0 Å². The maximum absolute atomic E-state index is 11.2. The second kappa shape index (κ2) is 8.91. The number of carbonyl (C=O) groups is 2. The van der Waals surface area contributed by atoms with E-state index in [0.29, 0.717) is 19.8 Å².